The van der Waals surface area contributed by atoms with Crippen LogP contribution < -0.4 is 10.5 Å². The van der Waals surface area contributed by atoms with Gasteiger partial charge >= 0.3 is 0 Å². The fourth-order valence-electron chi connectivity index (χ4n) is 0.984. The molecule has 0 amide bonds. The highest BCUT2D eigenvalue weighted by molar-refractivity contribution is 5.52. The van der Waals surface area contributed by atoms with Gasteiger partial charge in [0.15, 0.2) is 0 Å². The molecule has 74 valence electrons. The number of nitrogens with zero attached hydrogens (tertiary/aromatic N) is 1. The predicted octanol–water partition coefficient (Wildman–Crippen LogP) is 2.09. The molecule has 14 heavy (non-hydrogen) atoms. The molecule has 4 heteroatoms. The SMILES string of the molecule is N#CCCCOc1ccc(F)cc1N. The third-order valence-electron chi connectivity index (χ3n) is 1.66. The van der Waals surface area contributed by atoms with E-state index in [4.69, 9.17) is 15.7 Å². The molecule has 2 N–H and O–H groups in total. The van der Waals surface area contributed by atoms with Crippen LogP contribution in [0, 0.1) is 17.1 Å². The molecule has 0 bridgehead atoms. The quantitative estimate of drug-likeness (QED) is 0.589. The van der Waals surface area contributed by atoms with Crippen molar-refractivity contribution in [1.29, 1.82) is 5.26 Å². The predicted molar refractivity (Wildman–Crippen MR) is 51.2 cm³/mol. The summed E-state index contributed by atoms with van der Waals surface area (Å²) >= 11 is 0. The number of anilines is 1. The molecule has 0 fully saturated rings. The first kappa shape index (κ1) is 10.3. The van der Waals surface area contributed by atoms with Gasteiger partial charge in [-0.05, 0) is 18.6 Å². The van der Waals surface area contributed by atoms with E-state index < -0.39 is 0 Å². The number of hydrogen-bond donors (Lipinski definition) is 1. The van der Waals surface area contributed by atoms with Crippen molar-refractivity contribution in [2.24, 2.45) is 0 Å². The van der Waals surface area contributed by atoms with Crippen LogP contribution in [0.25, 0.3) is 0 Å². The van der Waals surface area contributed by atoms with Gasteiger partial charge in [-0.1, -0.05) is 0 Å². The maximum atomic E-state index is 12.6. The summed E-state index contributed by atoms with van der Waals surface area (Å²) < 4.78 is 17.9. The Kier molecular flexibility index (Phi) is 3.74. The summed E-state index contributed by atoms with van der Waals surface area (Å²) in [6, 6.07) is 5.99. The van der Waals surface area contributed by atoms with E-state index in [1.54, 1.807) is 0 Å². The molecule has 0 aliphatic rings. The average molecular weight is 194 g/mol. The smallest absolute Gasteiger partial charge is 0.142 e. The lowest BCUT2D eigenvalue weighted by atomic mass is 10.3. The standard InChI is InChI=1S/C10H11FN2O/c11-8-3-4-10(9(13)7-8)14-6-2-1-5-12/h3-4,7H,1-2,6,13H2. The second-order valence-electron chi connectivity index (χ2n) is 2.79. The minimum absolute atomic E-state index is 0.280. The molecule has 0 heterocycles. The van der Waals surface area contributed by atoms with Crippen LogP contribution in [0.5, 0.6) is 5.75 Å². The molecule has 0 aliphatic carbocycles. The molecule has 1 aromatic carbocycles. The Morgan fingerprint density at radius 1 is 1.50 bits per heavy atom. The van der Waals surface area contributed by atoms with E-state index in [0.29, 0.717) is 25.2 Å². The van der Waals surface area contributed by atoms with Gasteiger partial charge in [0.25, 0.3) is 0 Å². The molecule has 3 nitrogen and oxygen atoms in total. The van der Waals surface area contributed by atoms with Crippen LogP contribution in [0.3, 0.4) is 0 Å². The van der Waals surface area contributed by atoms with E-state index in [0.717, 1.165) is 0 Å². The molecule has 0 saturated carbocycles. The number of rotatable bonds is 4. The molecular formula is C10H11FN2O. The second kappa shape index (κ2) is 5.07. The van der Waals surface area contributed by atoms with Crippen LogP contribution in [0.1, 0.15) is 12.8 Å². The van der Waals surface area contributed by atoms with Gasteiger partial charge in [-0.3, -0.25) is 0 Å². The number of nitrogen functional groups attached to an aromatic ring is 1. The summed E-state index contributed by atoms with van der Waals surface area (Å²) in [4.78, 5) is 0. The largest absolute Gasteiger partial charge is 0.491 e. The van der Waals surface area contributed by atoms with E-state index in [9.17, 15) is 4.39 Å². The summed E-state index contributed by atoms with van der Waals surface area (Å²) in [6.07, 6.45) is 1.09. The van der Waals surface area contributed by atoms with Crippen LogP contribution >= 0.6 is 0 Å². The maximum Gasteiger partial charge on any atom is 0.142 e. The van der Waals surface area contributed by atoms with Crippen LogP contribution in [0.2, 0.25) is 0 Å². The van der Waals surface area contributed by atoms with Crippen molar-refractivity contribution in [2.45, 2.75) is 12.8 Å². The van der Waals surface area contributed by atoms with E-state index in [-0.39, 0.29) is 11.5 Å². The summed E-state index contributed by atoms with van der Waals surface area (Å²) in [5, 5.41) is 8.27. The second-order valence-corrected chi connectivity index (χ2v) is 2.79. The van der Waals surface area contributed by atoms with Gasteiger partial charge in [-0.15, -0.1) is 0 Å². The highest BCUT2D eigenvalue weighted by Gasteiger charge is 2.00. The lowest BCUT2D eigenvalue weighted by Crippen LogP contribution is -2.00. The summed E-state index contributed by atoms with van der Waals surface area (Å²) in [7, 11) is 0. The van der Waals surface area contributed by atoms with Crippen molar-refractivity contribution >= 4 is 5.69 Å². The minimum atomic E-state index is -0.383. The third-order valence-corrected chi connectivity index (χ3v) is 1.66. The van der Waals surface area contributed by atoms with Crippen LogP contribution in [0.4, 0.5) is 10.1 Å². The number of ether oxygens (including phenoxy) is 1. The fraction of sp³-hybridized carbons (Fsp3) is 0.300. The lowest BCUT2D eigenvalue weighted by molar-refractivity contribution is 0.314. The Morgan fingerprint density at radius 2 is 2.29 bits per heavy atom. The van der Waals surface area contributed by atoms with Crippen LogP contribution in [0.15, 0.2) is 18.2 Å². The average Bonchev–Trinajstić information content (AvgIpc) is 2.15. The van der Waals surface area contributed by atoms with Crippen molar-refractivity contribution in [3.8, 4) is 11.8 Å². The molecule has 0 saturated heterocycles. The van der Waals surface area contributed by atoms with Gasteiger partial charge in [-0.2, -0.15) is 5.26 Å². The van der Waals surface area contributed by atoms with Crippen molar-refractivity contribution in [2.75, 3.05) is 12.3 Å². The van der Waals surface area contributed by atoms with E-state index in [1.165, 1.54) is 18.2 Å². The molecule has 1 aromatic rings. The summed E-state index contributed by atoms with van der Waals surface area (Å²) in [5.74, 6) is 0.0798. The van der Waals surface area contributed by atoms with Crippen molar-refractivity contribution in [3.05, 3.63) is 24.0 Å². The first-order valence-electron chi connectivity index (χ1n) is 4.29. The molecule has 0 spiro atoms. The Balaban J connectivity index is 2.47. The number of benzene rings is 1. The van der Waals surface area contributed by atoms with Crippen LogP contribution in [-0.4, -0.2) is 6.61 Å². The molecule has 0 aliphatic heterocycles. The van der Waals surface area contributed by atoms with Gasteiger partial charge in [0.05, 0.1) is 18.4 Å². The topological polar surface area (TPSA) is 59.0 Å². The van der Waals surface area contributed by atoms with E-state index in [1.807, 2.05) is 6.07 Å². The normalized spacial score (nSPS) is 9.43. The molecule has 0 radical (unpaired) electrons. The van der Waals surface area contributed by atoms with Crippen LogP contribution in [-0.2, 0) is 0 Å². The van der Waals surface area contributed by atoms with Crippen molar-refractivity contribution < 1.29 is 9.13 Å². The Morgan fingerprint density at radius 3 is 2.93 bits per heavy atom. The van der Waals surface area contributed by atoms with Gasteiger partial charge in [-0.25, -0.2) is 4.39 Å². The Bertz CT molecular complexity index is 346. The molecule has 0 atom stereocenters. The maximum absolute atomic E-state index is 12.6. The number of unbranched alkanes of at least 4 members (excludes halogenated alkanes) is 1. The molecule has 0 unspecified atom stereocenters. The summed E-state index contributed by atoms with van der Waals surface area (Å²) in [6.45, 7) is 0.420. The Labute approximate surface area is 81.9 Å². The molecular weight excluding hydrogens is 183 g/mol. The Hall–Kier alpha value is -1.76. The van der Waals surface area contributed by atoms with E-state index >= 15 is 0 Å². The monoisotopic (exact) mass is 194 g/mol. The third kappa shape index (κ3) is 2.94. The highest BCUT2D eigenvalue weighted by Crippen LogP contribution is 2.21. The molecule has 0 aromatic heterocycles. The number of hydrogen-bond acceptors (Lipinski definition) is 3. The number of halogens is 1. The van der Waals surface area contributed by atoms with Gasteiger partial charge in [0, 0.05) is 12.5 Å². The van der Waals surface area contributed by atoms with Crippen molar-refractivity contribution in [1.82, 2.24) is 0 Å². The molecule has 1 rings (SSSR count). The zero-order chi connectivity index (χ0) is 10.4. The zero-order valence-electron chi connectivity index (χ0n) is 7.66. The lowest BCUT2D eigenvalue weighted by Gasteiger charge is -2.07. The zero-order valence-corrected chi connectivity index (χ0v) is 7.66. The van der Waals surface area contributed by atoms with Gasteiger partial charge < -0.3 is 10.5 Å². The van der Waals surface area contributed by atoms with Gasteiger partial charge in [0.2, 0.25) is 0 Å². The van der Waals surface area contributed by atoms with E-state index in [2.05, 4.69) is 0 Å². The number of nitriles is 1. The van der Waals surface area contributed by atoms with Gasteiger partial charge in [0.1, 0.15) is 11.6 Å². The summed E-state index contributed by atoms with van der Waals surface area (Å²) in [5.41, 5.74) is 5.79. The minimum Gasteiger partial charge on any atom is -0.491 e. The van der Waals surface area contributed by atoms with Crippen molar-refractivity contribution in [3.63, 3.8) is 0 Å². The highest BCUT2D eigenvalue weighted by atomic mass is 19.1. The fourth-order valence-corrected chi connectivity index (χ4v) is 0.984. The first-order valence-corrected chi connectivity index (χ1v) is 4.29. The number of nitrogens with two attached hydrogens (primary N) is 1. The first-order chi connectivity index (χ1) is 6.74.